The van der Waals surface area contributed by atoms with Gasteiger partial charge in [-0.3, -0.25) is 9.59 Å². The molecule has 2 saturated carbocycles. The van der Waals surface area contributed by atoms with E-state index in [9.17, 15) is 9.59 Å². The maximum Gasteiger partial charge on any atom is 0.307 e. The number of carboxylic acid groups (broad SMARTS) is 1. The quantitative estimate of drug-likeness (QED) is 0.712. The van der Waals surface area contributed by atoms with E-state index >= 15 is 0 Å². The van der Waals surface area contributed by atoms with Gasteiger partial charge in [-0.05, 0) is 38.5 Å². The predicted molar refractivity (Wildman–Crippen MR) is 74.2 cm³/mol. The van der Waals surface area contributed by atoms with Crippen LogP contribution < -0.4 is 5.32 Å². The van der Waals surface area contributed by atoms with Gasteiger partial charge in [0.2, 0.25) is 5.91 Å². The molecule has 0 radical (unpaired) electrons. The van der Waals surface area contributed by atoms with E-state index in [0.29, 0.717) is 25.5 Å². The summed E-state index contributed by atoms with van der Waals surface area (Å²) in [6, 6.07) is 0. The third-order valence-corrected chi connectivity index (χ3v) is 4.48. The Hall–Kier alpha value is -1.10. The number of rotatable bonds is 8. The van der Waals surface area contributed by atoms with Gasteiger partial charge in [0, 0.05) is 13.2 Å². The molecule has 0 saturated heterocycles. The molecule has 2 aliphatic rings. The minimum atomic E-state index is -0.858. The van der Waals surface area contributed by atoms with Crippen LogP contribution in [0.15, 0.2) is 0 Å². The van der Waals surface area contributed by atoms with Crippen molar-refractivity contribution in [3.63, 3.8) is 0 Å². The standard InChI is InChI=1S/C15H25NO4/c1-2-20-13(10-5-3-4-6-10)7-8-16-14(17)11-9-12(11)15(18)19/h10-13H,2-9H2,1H3,(H,16,17)(H,18,19). The molecule has 5 nitrogen and oxygen atoms in total. The fourth-order valence-electron chi connectivity index (χ4n) is 3.22. The van der Waals surface area contributed by atoms with Gasteiger partial charge in [0.25, 0.3) is 0 Å². The van der Waals surface area contributed by atoms with Crippen molar-refractivity contribution in [2.75, 3.05) is 13.2 Å². The minimum Gasteiger partial charge on any atom is -0.481 e. The van der Waals surface area contributed by atoms with E-state index in [0.717, 1.165) is 6.42 Å². The van der Waals surface area contributed by atoms with E-state index in [1.54, 1.807) is 0 Å². The first kappa shape index (κ1) is 15.3. The molecule has 20 heavy (non-hydrogen) atoms. The van der Waals surface area contributed by atoms with E-state index in [1.807, 2.05) is 6.92 Å². The highest BCUT2D eigenvalue weighted by atomic mass is 16.5. The fraction of sp³-hybridized carbons (Fsp3) is 0.867. The lowest BCUT2D eigenvalue weighted by Crippen LogP contribution is -2.32. The van der Waals surface area contributed by atoms with Gasteiger partial charge in [0.15, 0.2) is 0 Å². The van der Waals surface area contributed by atoms with Gasteiger partial charge in [-0.2, -0.15) is 0 Å². The summed E-state index contributed by atoms with van der Waals surface area (Å²) in [6.07, 6.45) is 6.56. The number of aliphatic carboxylic acids is 1. The number of carbonyl (C=O) groups excluding carboxylic acids is 1. The van der Waals surface area contributed by atoms with E-state index < -0.39 is 11.9 Å². The van der Waals surface area contributed by atoms with Crippen LogP contribution in [0, 0.1) is 17.8 Å². The fourth-order valence-corrected chi connectivity index (χ4v) is 3.22. The number of hydrogen-bond donors (Lipinski definition) is 2. The average molecular weight is 283 g/mol. The molecule has 0 aromatic heterocycles. The Labute approximate surface area is 120 Å². The molecule has 0 aromatic rings. The van der Waals surface area contributed by atoms with E-state index in [1.165, 1.54) is 25.7 Å². The van der Waals surface area contributed by atoms with E-state index in [2.05, 4.69) is 5.32 Å². The van der Waals surface area contributed by atoms with Gasteiger partial charge in [0.05, 0.1) is 17.9 Å². The summed E-state index contributed by atoms with van der Waals surface area (Å²) in [5, 5.41) is 11.7. The maximum atomic E-state index is 11.8. The predicted octanol–water partition coefficient (Wildman–Crippen LogP) is 1.81. The minimum absolute atomic E-state index is 0.112. The summed E-state index contributed by atoms with van der Waals surface area (Å²) in [5.74, 6) is -1.13. The largest absolute Gasteiger partial charge is 0.481 e. The lowest BCUT2D eigenvalue weighted by Gasteiger charge is -2.23. The zero-order valence-corrected chi connectivity index (χ0v) is 12.1. The number of nitrogens with one attached hydrogen (secondary N) is 1. The Morgan fingerprint density at radius 2 is 2.00 bits per heavy atom. The van der Waals surface area contributed by atoms with Gasteiger partial charge >= 0.3 is 5.97 Å². The number of hydrogen-bond acceptors (Lipinski definition) is 3. The zero-order valence-electron chi connectivity index (χ0n) is 12.1. The Morgan fingerprint density at radius 3 is 2.55 bits per heavy atom. The first-order valence-corrected chi connectivity index (χ1v) is 7.75. The van der Waals surface area contributed by atoms with Crippen LogP contribution in [-0.2, 0) is 14.3 Å². The Bertz CT molecular complexity index is 352. The number of ether oxygens (including phenoxy) is 1. The molecule has 0 aliphatic heterocycles. The summed E-state index contributed by atoms with van der Waals surface area (Å²) in [5.41, 5.74) is 0. The van der Waals surface area contributed by atoms with Crippen LogP contribution in [0.5, 0.6) is 0 Å². The summed E-state index contributed by atoms with van der Waals surface area (Å²) in [7, 11) is 0. The molecule has 2 rings (SSSR count). The zero-order chi connectivity index (χ0) is 14.5. The Balaban J connectivity index is 1.68. The normalized spacial score (nSPS) is 27.2. The number of amides is 1. The van der Waals surface area contributed by atoms with Crippen molar-refractivity contribution in [1.82, 2.24) is 5.32 Å². The Morgan fingerprint density at radius 1 is 1.30 bits per heavy atom. The van der Waals surface area contributed by atoms with Crippen LogP contribution in [0.1, 0.15) is 45.4 Å². The van der Waals surface area contributed by atoms with Crippen LogP contribution >= 0.6 is 0 Å². The average Bonchev–Trinajstić information content (AvgIpc) is 3.05. The summed E-state index contributed by atoms with van der Waals surface area (Å²) >= 11 is 0. The third kappa shape index (κ3) is 3.95. The number of carbonyl (C=O) groups is 2. The molecule has 2 aliphatic carbocycles. The second-order valence-corrected chi connectivity index (χ2v) is 5.90. The van der Waals surface area contributed by atoms with Gasteiger partial charge in [0.1, 0.15) is 0 Å². The lowest BCUT2D eigenvalue weighted by atomic mass is 9.98. The molecule has 114 valence electrons. The van der Waals surface area contributed by atoms with E-state index in [-0.39, 0.29) is 17.9 Å². The second-order valence-electron chi connectivity index (χ2n) is 5.90. The summed E-state index contributed by atoms with van der Waals surface area (Å²) in [4.78, 5) is 22.5. The molecule has 0 spiro atoms. The molecule has 3 atom stereocenters. The SMILES string of the molecule is CCOC(CCNC(=O)C1CC1C(=O)O)C1CCCC1. The van der Waals surface area contributed by atoms with Crippen molar-refractivity contribution < 1.29 is 19.4 Å². The van der Waals surface area contributed by atoms with Crippen molar-refractivity contribution >= 4 is 11.9 Å². The van der Waals surface area contributed by atoms with Crippen molar-refractivity contribution in [3.8, 4) is 0 Å². The van der Waals surface area contributed by atoms with Gasteiger partial charge < -0.3 is 15.2 Å². The molecule has 5 heteroatoms. The van der Waals surface area contributed by atoms with Crippen LogP contribution in [0.2, 0.25) is 0 Å². The monoisotopic (exact) mass is 283 g/mol. The highest BCUT2D eigenvalue weighted by Gasteiger charge is 2.48. The van der Waals surface area contributed by atoms with Crippen LogP contribution in [-0.4, -0.2) is 36.2 Å². The maximum absolute atomic E-state index is 11.8. The van der Waals surface area contributed by atoms with Crippen molar-refractivity contribution in [2.45, 2.75) is 51.6 Å². The molecule has 2 fully saturated rings. The highest BCUT2D eigenvalue weighted by molar-refractivity contribution is 5.89. The number of carboxylic acids is 1. The van der Waals surface area contributed by atoms with Crippen molar-refractivity contribution in [1.29, 1.82) is 0 Å². The van der Waals surface area contributed by atoms with Crippen LogP contribution in [0.4, 0.5) is 0 Å². The molecule has 3 unspecified atom stereocenters. The molecule has 0 bridgehead atoms. The highest BCUT2D eigenvalue weighted by Crippen LogP contribution is 2.38. The summed E-state index contributed by atoms with van der Waals surface area (Å²) < 4.78 is 5.80. The molecule has 2 N–H and O–H groups in total. The van der Waals surface area contributed by atoms with Crippen molar-refractivity contribution in [3.05, 3.63) is 0 Å². The smallest absolute Gasteiger partial charge is 0.307 e. The van der Waals surface area contributed by atoms with Gasteiger partial charge in [-0.15, -0.1) is 0 Å². The third-order valence-electron chi connectivity index (χ3n) is 4.48. The van der Waals surface area contributed by atoms with E-state index in [4.69, 9.17) is 9.84 Å². The van der Waals surface area contributed by atoms with Crippen molar-refractivity contribution in [2.24, 2.45) is 17.8 Å². The van der Waals surface area contributed by atoms with Crippen LogP contribution in [0.3, 0.4) is 0 Å². The lowest BCUT2D eigenvalue weighted by molar-refractivity contribution is -0.140. The molecule has 0 aromatic carbocycles. The van der Waals surface area contributed by atoms with Crippen LogP contribution in [0.25, 0.3) is 0 Å². The van der Waals surface area contributed by atoms with Gasteiger partial charge in [-0.1, -0.05) is 12.8 Å². The topological polar surface area (TPSA) is 75.6 Å². The first-order chi connectivity index (χ1) is 9.63. The second kappa shape index (κ2) is 7.07. The molecular formula is C15H25NO4. The molecule has 1 amide bonds. The van der Waals surface area contributed by atoms with Gasteiger partial charge in [-0.25, -0.2) is 0 Å². The molecular weight excluding hydrogens is 258 g/mol. The molecule has 0 heterocycles. The Kier molecular flexibility index (Phi) is 5.40. The first-order valence-electron chi connectivity index (χ1n) is 7.75. The summed E-state index contributed by atoms with van der Waals surface area (Å²) in [6.45, 7) is 3.30.